The van der Waals surface area contributed by atoms with Gasteiger partial charge in [-0.1, -0.05) is 0 Å². The number of hydrogen-bond donors (Lipinski definition) is 1. The fraction of sp³-hybridized carbons (Fsp3) is 0.733. The lowest BCUT2D eigenvalue weighted by atomic mass is 10.1. The summed E-state index contributed by atoms with van der Waals surface area (Å²) in [7, 11) is -3.51. The molecule has 0 radical (unpaired) electrons. The topological polar surface area (TPSA) is 93.5 Å². The number of anilines is 1. The summed E-state index contributed by atoms with van der Waals surface area (Å²) in [5.41, 5.74) is 0. The molecule has 0 bridgehead atoms. The molecule has 1 amide bonds. The Morgan fingerprint density at radius 2 is 2.25 bits per heavy atom. The number of ether oxygens (including phenoxy) is 1. The van der Waals surface area contributed by atoms with Gasteiger partial charge in [0.1, 0.15) is 11.9 Å². The highest BCUT2D eigenvalue weighted by atomic mass is 32.2. The minimum Gasteiger partial charge on any atom is -0.381 e. The van der Waals surface area contributed by atoms with Crippen LogP contribution >= 0.6 is 0 Å². The monoisotopic (exact) mass is 356 g/mol. The normalized spacial score (nSPS) is 25.4. The third-order valence-electron chi connectivity index (χ3n) is 4.51. The van der Waals surface area contributed by atoms with Crippen LogP contribution < -0.4 is 9.62 Å². The van der Waals surface area contributed by atoms with Crippen molar-refractivity contribution < 1.29 is 17.9 Å². The molecule has 2 atom stereocenters. The Labute approximate surface area is 142 Å². The van der Waals surface area contributed by atoms with Gasteiger partial charge in [-0.05, 0) is 32.1 Å². The summed E-state index contributed by atoms with van der Waals surface area (Å²) in [5.74, 6) is 0.543. The van der Waals surface area contributed by atoms with Crippen LogP contribution in [0.3, 0.4) is 0 Å². The van der Waals surface area contributed by atoms with Gasteiger partial charge in [-0.25, -0.2) is 17.8 Å². The van der Waals surface area contributed by atoms with Gasteiger partial charge in [0, 0.05) is 25.8 Å². The largest absolute Gasteiger partial charge is 0.381 e. The number of aromatic nitrogens is 2. The molecule has 8 nitrogen and oxygen atoms in total. The highest BCUT2D eigenvalue weighted by Crippen LogP contribution is 2.22. The number of carbonyl (C=O) groups is 1. The summed E-state index contributed by atoms with van der Waals surface area (Å²) < 4.78 is 34.3. The number of rotatable bonds is 6. The van der Waals surface area contributed by atoms with Crippen molar-refractivity contribution in [2.75, 3.05) is 30.4 Å². The Kier molecular flexibility index (Phi) is 5.21. The van der Waals surface area contributed by atoms with Gasteiger partial charge in [-0.2, -0.15) is 5.10 Å². The maximum absolute atomic E-state index is 12.7. The van der Waals surface area contributed by atoms with Crippen molar-refractivity contribution in [3.63, 3.8) is 0 Å². The molecule has 0 unspecified atom stereocenters. The van der Waals surface area contributed by atoms with Crippen LogP contribution in [0.25, 0.3) is 0 Å². The number of aryl methyl sites for hydroxylation is 1. The van der Waals surface area contributed by atoms with Gasteiger partial charge in [0.05, 0.1) is 18.6 Å². The standard InChI is InChI=1S/C15H24N4O4S/c1-2-19-14(5-7-16-19)18-8-3-4-13(15(18)20)17-24(21,22)11-12-6-9-23-10-12/h5,7,12-13,17H,2-4,6,8-11H2,1H3/t12-,13+/m0/s1. The molecule has 24 heavy (non-hydrogen) atoms. The van der Waals surface area contributed by atoms with Crippen molar-refractivity contribution in [1.82, 2.24) is 14.5 Å². The zero-order valence-corrected chi connectivity index (χ0v) is 14.7. The first-order valence-electron chi connectivity index (χ1n) is 8.41. The van der Waals surface area contributed by atoms with E-state index in [1.807, 2.05) is 6.92 Å². The Morgan fingerprint density at radius 3 is 2.96 bits per heavy atom. The van der Waals surface area contributed by atoms with Gasteiger partial charge in [-0.15, -0.1) is 0 Å². The average molecular weight is 356 g/mol. The second-order valence-corrected chi connectivity index (χ2v) is 8.12. The fourth-order valence-corrected chi connectivity index (χ4v) is 4.93. The van der Waals surface area contributed by atoms with Crippen LogP contribution in [0.1, 0.15) is 26.2 Å². The van der Waals surface area contributed by atoms with Gasteiger partial charge in [0.15, 0.2) is 0 Å². The van der Waals surface area contributed by atoms with E-state index < -0.39 is 16.1 Å². The molecule has 1 aromatic heterocycles. The molecule has 1 aromatic rings. The first-order chi connectivity index (χ1) is 11.5. The van der Waals surface area contributed by atoms with Gasteiger partial charge >= 0.3 is 0 Å². The summed E-state index contributed by atoms with van der Waals surface area (Å²) in [5, 5.41) is 4.18. The zero-order chi connectivity index (χ0) is 17.2. The van der Waals surface area contributed by atoms with Crippen molar-refractivity contribution in [2.45, 2.75) is 38.8 Å². The smallest absolute Gasteiger partial charge is 0.246 e. The molecular weight excluding hydrogens is 332 g/mol. The van der Waals surface area contributed by atoms with Crippen molar-refractivity contribution in [1.29, 1.82) is 0 Å². The van der Waals surface area contributed by atoms with Gasteiger partial charge < -0.3 is 4.74 Å². The Balaban J connectivity index is 1.68. The minimum atomic E-state index is -3.51. The molecule has 134 valence electrons. The average Bonchev–Trinajstić information content (AvgIpc) is 3.19. The van der Waals surface area contributed by atoms with Crippen LogP contribution in [0.2, 0.25) is 0 Å². The molecule has 2 aliphatic rings. The summed E-state index contributed by atoms with van der Waals surface area (Å²) in [6, 6.07) is 1.08. The lowest BCUT2D eigenvalue weighted by Crippen LogP contribution is -2.53. The van der Waals surface area contributed by atoms with Crippen molar-refractivity contribution in [3.05, 3.63) is 12.3 Å². The van der Waals surface area contributed by atoms with Crippen molar-refractivity contribution >= 4 is 21.7 Å². The summed E-state index contributed by atoms with van der Waals surface area (Å²) in [6.45, 7) is 4.27. The highest BCUT2D eigenvalue weighted by Gasteiger charge is 2.34. The second-order valence-electron chi connectivity index (χ2n) is 6.32. The first kappa shape index (κ1) is 17.4. The molecule has 3 heterocycles. The van der Waals surface area contributed by atoms with Crippen LogP contribution in [0.4, 0.5) is 5.82 Å². The number of piperidine rings is 1. The van der Waals surface area contributed by atoms with Crippen LogP contribution in [-0.2, 0) is 26.1 Å². The Morgan fingerprint density at radius 1 is 1.42 bits per heavy atom. The Bertz CT molecular complexity index is 681. The van der Waals surface area contributed by atoms with Gasteiger partial charge in [-0.3, -0.25) is 9.69 Å². The third-order valence-corrected chi connectivity index (χ3v) is 6.06. The van der Waals surface area contributed by atoms with Gasteiger partial charge in [0.2, 0.25) is 15.9 Å². The van der Waals surface area contributed by atoms with Crippen LogP contribution in [0.5, 0.6) is 0 Å². The molecule has 9 heteroatoms. The first-order valence-corrected chi connectivity index (χ1v) is 10.1. The molecule has 1 N–H and O–H groups in total. The second kappa shape index (κ2) is 7.20. The zero-order valence-electron chi connectivity index (χ0n) is 13.8. The predicted molar refractivity (Wildman–Crippen MR) is 89.1 cm³/mol. The maximum Gasteiger partial charge on any atom is 0.246 e. The summed E-state index contributed by atoms with van der Waals surface area (Å²) in [4.78, 5) is 14.4. The quantitative estimate of drug-likeness (QED) is 0.794. The number of nitrogens with one attached hydrogen (secondary N) is 1. The maximum atomic E-state index is 12.7. The number of carbonyl (C=O) groups excluding carboxylic acids is 1. The molecule has 0 saturated carbocycles. The SMILES string of the molecule is CCn1nccc1N1CCC[C@@H](NS(=O)(=O)C[C@H]2CCOC2)C1=O. The van der Waals surface area contributed by atoms with Crippen LogP contribution in [0, 0.1) is 5.92 Å². The molecule has 0 spiro atoms. The minimum absolute atomic E-state index is 0.0128. The van der Waals surface area contributed by atoms with E-state index in [4.69, 9.17) is 4.74 Å². The molecule has 0 aromatic carbocycles. The lowest BCUT2D eigenvalue weighted by Gasteiger charge is -2.32. The van der Waals surface area contributed by atoms with Crippen LogP contribution in [-0.4, -0.2) is 55.7 Å². The lowest BCUT2D eigenvalue weighted by molar-refractivity contribution is -0.121. The number of amides is 1. The van der Waals surface area contributed by atoms with Gasteiger partial charge in [0.25, 0.3) is 0 Å². The molecular formula is C15H24N4O4S. The number of hydrogen-bond acceptors (Lipinski definition) is 5. The van der Waals surface area contributed by atoms with E-state index in [1.165, 1.54) is 0 Å². The fourth-order valence-electron chi connectivity index (χ4n) is 3.30. The third kappa shape index (κ3) is 3.79. The molecule has 2 aliphatic heterocycles. The van der Waals surface area contributed by atoms with E-state index in [2.05, 4.69) is 9.82 Å². The number of nitrogens with zero attached hydrogens (tertiary/aromatic N) is 3. The van der Waals surface area contributed by atoms with Crippen molar-refractivity contribution in [3.8, 4) is 0 Å². The Hall–Kier alpha value is -1.45. The van der Waals surface area contributed by atoms with Crippen LogP contribution in [0.15, 0.2) is 12.3 Å². The van der Waals surface area contributed by atoms with E-state index in [9.17, 15) is 13.2 Å². The van der Waals surface area contributed by atoms with E-state index in [1.54, 1.807) is 21.8 Å². The highest BCUT2D eigenvalue weighted by molar-refractivity contribution is 7.89. The number of sulfonamides is 1. The summed E-state index contributed by atoms with van der Waals surface area (Å²) in [6.07, 6.45) is 3.68. The van der Waals surface area contributed by atoms with E-state index in [0.717, 1.165) is 18.7 Å². The summed E-state index contributed by atoms with van der Waals surface area (Å²) >= 11 is 0. The molecule has 2 fully saturated rings. The van der Waals surface area contributed by atoms with Crippen molar-refractivity contribution in [2.24, 2.45) is 5.92 Å². The molecule has 0 aliphatic carbocycles. The van der Waals surface area contributed by atoms with E-state index in [0.29, 0.717) is 32.7 Å². The molecule has 3 rings (SSSR count). The van der Waals surface area contributed by atoms with E-state index in [-0.39, 0.29) is 17.6 Å². The molecule has 2 saturated heterocycles. The van der Waals surface area contributed by atoms with E-state index >= 15 is 0 Å². The predicted octanol–water partition coefficient (Wildman–Crippen LogP) is 0.354.